The van der Waals surface area contributed by atoms with Crippen LogP contribution in [0.1, 0.15) is 18.4 Å². The van der Waals surface area contributed by atoms with Crippen LogP contribution in [0.4, 0.5) is 5.69 Å². The molecule has 1 N–H and O–H groups in total. The molecule has 0 bridgehead atoms. The molecule has 3 heteroatoms. The van der Waals surface area contributed by atoms with E-state index < -0.39 is 0 Å². The molecular formula is C19H20N2O. The van der Waals surface area contributed by atoms with Crippen molar-refractivity contribution in [2.24, 2.45) is 11.3 Å². The van der Waals surface area contributed by atoms with Crippen LogP contribution in [-0.2, 0) is 10.2 Å². The van der Waals surface area contributed by atoms with Crippen LogP contribution < -0.4 is 5.32 Å². The maximum Gasteiger partial charge on any atom is 0.228 e. The van der Waals surface area contributed by atoms with Crippen LogP contribution in [0.15, 0.2) is 49.1 Å². The zero-order valence-corrected chi connectivity index (χ0v) is 12.6. The number of nitrogens with zero attached hydrogens (tertiary/aromatic N) is 1. The summed E-state index contributed by atoms with van der Waals surface area (Å²) < 4.78 is 0. The highest BCUT2D eigenvalue weighted by molar-refractivity contribution is 5.98. The van der Waals surface area contributed by atoms with Crippen molar-refractivity contribution in [1.29, 1.82) is 0 Å². The van der Waals surface area contributed by atoms with Crippen molar-refractivity contribution in [3.05, 3.63) is 54.6 Å². The number of amides is 1. The molecule has 3 heterocycles. The summed E-state index contributed by atoms with van der Waals surface area (Å²) in [6.07, 6.45) is 8.64. The Bertz CT molecular complexity index is 724. The van der Waals surface area contributed by atoms with Crippen LogP contribution in [0, 0.1) is 11.3 Å². The monoisotopic (exact) mass is 292 g/mol. The van der Waals surface area contributed by atoms with Crippen molar-refractivity contribution in [2.45, 2.75) is 24.3 Å². The van der Waals surface area contributed by atoms with Crippen molar-refractivity contribution in [2.75, 3.05) is 18.4 Å². The molecule has 2 fully saturated rings. The second-order valence-corrected chi connectivity index (χ2v) is 7.20. The van der Waals surface area contributed by atoms with Gasteiger partial charge in [0.25, 0.3) is 0 Å². The van der Waals surface area contributed by atoms with Crippen LogP contribution in [0.25, 0.3) is 0 Å². The number of carbonyl (C=O) groups excluding carboxylic acids is 1. The SMILES string of the molecule is C=C[C@]12C=CCN3CC[C@]4(c5ccccc5NC(=O)[C@@H]4C1)[C@@H]32. The fourth-order valence-electron chi connectivity index (χ4n) is 5.79. The summed E-state index contributed by atoms with van der Waals surface area (Å²) in [6, 6.07) is 8.77. The molecule has 0 aromatic heterocycles. The van der Waals surface area contributed by atoms with Crippen LogP contribution >= 0.6 is 0 Å². The zero-order chi connectivity index (χ0) is 14.9. The van der Waals surface area contributed by atoms with Gasteiger partial charge in [0, 0.05) is 29.1 Å². The summed E-state index contributed by atoms with van der Waals surface area (Å²) in [7, 11) is 0. The number of hydrogen-bond acceptors (Lipinski definition) is 2. The van der Waals surface area contributed by atoms with Gasteiger partial charge in [-0.1, -0.05) is 36.4 Å². The number of anilines is 1. The van der Waals surface area contributed by atoms with E-state index >= 15 is 0 Å². The number of hydrogen-bond donors (Lipinski definition) is 1. The lowest BCUT2D eigenvalue weighted by Crippen LogP contribution is -2.52. The number of benzene rings is 1. The molecule has 0 radical (unpaired) electrons. The largest absolute Gasteiger partial charge is 0.326 e. The van der Waals surface area contributed by atoms with Gasteiger partial charge in [-0.15, -0.1) is 6.58 Å². The van der Waals surface area contributed by atoms with Gasteiger partial charge in [0.1, 0.15) is 0 Å². The lowest BCUT2D eigenvalue weighted by Gasteiger charge is -2.45. The molecule has 1 aliphatic carbocycles. The lowest BCUT2D eigenvalue weighted by atomic mass is 9.65. The van der Waals surface area contributed by atoms with Gasteiger partial charge in [0.15, 0.2) is 0 Å². The molecule has 4 atom stereocenters. The molecule has 5 rings (SSSR count). The van der Waals surface area contributed by atoms with E-state index in [1.807, 2.05) is 12.1 Å². The van der Waals surface area contributed by atoms with Crippen LogP contribution in [0.5, 0.6) is 0 Å². The van der Waals surface area contributed by atoms with Gasteiger partial charge in [-0.3, -0.25) is 9.69 Å². The summed E-state index contributed by atoms with van der Waals surface area (Å²) in [6.45, 7) is 6.21. The fourth-order valence-corrected chi connectivity index (χ4v) is 5.79. The highest BCUT2D eigenvalue weighted by Gasteiger charge is 2.69. The highest BCUT2D eigenvalue weighted by atomic mass is 16.2. The average Bonchev–Trinajstić information content (AvgIpc) is 3.08. The topological polar surface area (TPSA) is 32.3 Å². The minimum absolute atomic E-state index is 0.0438. The molecule has 1 aromatic rings. The standard InChI is InChI=1S/C19H20N2O/c1-2-18-8-5-10-21-11-9-19(17(18)21)13-6-3-4-7-15(13)20-16(22)14(19)12-18/h2-8,14,17H,1,9-12H2,(H,20,22)/t14-,17-,18-,19+/m0/s1. The van der Waals surface area contributed by atoms with E-state index in [2.05, 4.69) is 47.2 Å². The molecule has 0 unspecified atom stereocenters. The predicted octanol–water partition coefficient (Wildman–Crippen LogP) is 2.71. The summed E-state index contributed by atoms with van der Waals surface area (Å²) in [5.74, 6) is 0.253. The number of para-hydroxylation sites is 1. The van der Waals surface area contributed by atoms with E-state index in [-0.39, 0.29) is 22.7 Å². The molecule has 1 saturated heterocycles. The Morgan fingerprint density at radius 2 is 2.23 bits per heavy atom. The van der Waals surface area contributed by atoms with Crippen molar-refractivity contribution < 1.29 is 4.79 Å². The molecule has 1 spiro atoms. The van der Waals surface area contributed by atoms with Gasteiger partial charge in [0.05, 0.1) is 5.92 Å². The van der Waals surface area contributed by atoms with Crippen molar-refractivity contribution in [3.63, 3.8) is 0 Å². The third-order valence-electron chi connectivity index (χ3n) is 6.51. The summed E-state index contributed by atoms with van der Waals surface area (Å²) >= 11 is 0. The van der Waals surface area contributed by atoms with E-state index in [0.29, 0.717) is 6.04 Å². The Balaban J connectivity index is 1.82. The molecule has 112 valence electrons. The van der Waals surface area contributed by atoms with Crippen molar-refractivity contribution in [1.82, 2.24) is 4.90 Å². The predicted molar refractivity (Wildman–Crippen MR) is 86.6 cm³/mol. The second kappa shape index (κ2) is 3.90. The van der Waals surface area contributed by atoms with Gasteiger partial charge < -0.3 is 5.32 Å². The Labute approximate surface area is 130 Å². The number of nitrogens with one attached hydrogen (secondary N) is 1. The van der Waals surface area contributed by atoms with E-state index in [9.17, 15) is 4.79 Å². The van der Waals surface area contributed by atoms with Crippen LogP contribution in [0.2, 0.25) is 0 Å². The Kier molecular flexibility index (Phi) is 2.25. The summed E-state index contributed by atoms with van der Waals surface area (Å²) in [5, 5.41) is 3.14. The minimum atomic E-state index is -0.0613. The molecule has 3 nitrogen and oxygen atoms in total. The second-order valence-electron chi connectivity index (χ2n) is 7.20. The quantitative estimate of drug-likeness (QED) is 0.807. The smallest absolute Gasteiger partial charge is 0.228 e. The summed E-state index contributed by atoms with van der Waals surface area (Å²) in [5.41, 5.74) is 2.25. The third kappa shape index (κ3) is 1.22. The number of rotatable bonds is 1. The van der Waals surface area contributed by atoms with Gasteiger partial charge in [-0.2, -0.15) is 0 Å². The van der Waals surface area contributed by atoms with Gasteiger partial charge in [-0.25, -0.2) is 0 Å². The first-order valence-electron chi connectivity index (χ1n) is 8.17. The molecular weight excluding hydrogens is 272 g/mol. The molecule has 22 heavy (non-hydrogen) atoms. The Morgan fingerprint density at radius 3 is 3.09 bits per heavy atom. The average molecular weight is 292 g/mol. The highest BCUT2D eigenvalue weighted by Crippen LogP contribution is 2.65. The maximum absolute atomic E-state index is 12.8. The van der Waals surface area contributed by atoms with E-state index in [1.165, 1.54) is 5.56 Å². The number of carbonyl (C=O) groups is 1. The maximum atomic E-state index is 12.8. The minimum Gasteiger partial charge on any atom is -0.326 e. The first-order chi connectivity index (χ1) is 10.7. The van der Waals surface area contributed by atoms with Crippen LogP contribution in [-0.4, -0.2) is 29.9 Å². The first-order valence-corrected chi connectivity index (χ1v) is 8.17. The lowest BCUT2D eigenvalue weighted by molar-refractivity contribution is -0.122. The normalized spacial score (nSPS) is 41.5. The first kappa shape index (κ1) is 12.7. The molecule has 4 aliphatic rings. The van der Waals surface area contributed by atoms with Crippen molar-refractivity contribution in [3.8, 4) is 0 Å². The number of fused-ring (bicyclic) bond motifs is 1. The van der Waals surface area contributed by atoms with E-state index in [1.54, 1.807) is 0 Å². The van der Waals surface area contributed by atoms with E-state index in [0.717, 1.165) is 31.6 Å². The van der Waals surface area contributed by atoms with Crippen LogP contribution in [0.3, 0.4) is 0 Å². The Hall–Kier alpha value is -1.87. The van der Waals surface area contributed by atoms with Gasteiger partial charge in [-0.05, 0) is 31.0 Å². The molecule has 1 amide bonds. The molecule has 1 saturated carbocycles. The zero-order valence-electron chi connectivity index (χ0n) is 12.6. The van der Waals surface area contributed by atoms with Gasteiger partial charge in [0.2, 0.25) is 5.91 Å². The van der Waals surface area contributed by atoms with Crippen molar-refractivity contribution >= 4 is 11.6 Å². The molecule has 3 aliphatic heterocycles. The fraction of sp³-hybridized carbons (Fsp3) is 0.421. The Morgan fingerprint density at radius 1 is 1.36 bits per heavy atom. The third-order valence-corrected chi connectivity index (χ3v) is 6.51. The van der Waals surface area contributed by atoms with Gasteiger partial charge >= 0.3 is 0 Å². The summed E-state index contributed by atoms with van der Waals surface area (Å²) in [4.78, 5) is 15.4. The molecule has 1 aromatic carbocycles. The van der Waals surface area contributed by atoms with E-state index in [4.69, 9.17) is 0 Å².